The van der Waals surface area contributed by atoms with Crippen molar-refractivity contribution in [2.24, 2.45) is 0 Å². The molecule has 3 aromatic carbocycles. The van der Waals surface area contributed by atoms with Crippen molar-refractivity contribution in [2.45, 2.75) is 20.1 Å². The van der Waals surface area contributed by atoms with Crippen LogP contribution in [-0.2, 0) is 17.9 Å². The average molecular weight is 410 g/mol. The van der Waals surface area contributed by atoms with Gasteiger partial charge in [0.25, 0.3) is 0 Å². The van der Waals surface area contributed by atoms with Crippen LogP contribution in [0.15, 0.2) is 72.8 Å². The number of allylic oxidation sites excluding steroid dienone is 1. The Bertz CT molecular complexity index is 1330. The van der Waals surface area contributed by atoms with Crippen LogP contribution in [0.5, 0.6) is 5.75 Å². The van der Waals surface area contributed by atoms with Gasteiger partial charge in [-0.1, -0.05) is 42.5 Å². The number of hydrogen-bond acceptors (Lipinski definition) is 4. The molecule has 0 amide bonds. The smallest absolute Gasteiger partial charge is 0.337 e. The molecule has 0 radical (unpaired) electrons. The molecular weight excluding hydrogens is 388 g/mol. The van der Waals surface area contributed by atoms with E-state index in [0.29, 0.717) is 18.7 Å². The summed E-state index contributed by atoms with van der Waals surface area (Å²) in [5.74, 6) is 1.35. The van der Waals surface area contributed by atoms with E-state index in [0.717, 1.165) is 44.9 Å². The number of rotatable bonds is 3. The molecule has 2 heterocycles. The minimum Gasteiger partial charge on any atom is -0.488 e. The molecule has 5 rings (SSSR count). The van der Waals surface area contributed by atoms with Crippen molar-refractivity contribution in [3.8, 4) is 5.75 Å². The number of fused-ring (bicyclic) bond motifs is 3. The molecule has 0 N–H and O–H groups in total. The summed E-state index contributed by atoms with van der Waals surface area (Å²) < 4.78 is 13.2. The van der Waals surface area contributed by atoms with Gasteiger partial charge in [0.15, 0.2) is 0 Å². The highest BCUT2D eigenvalue weighted by atomic mass is 16.5. The van der Waals surface area contributed by atoms with Gasteiger partial charge in [0.1, 0.15) is 18.2 Å². The van der Waals surface area contributed by atoms with Gasteiger partial charge in [0.05, 0.1) is 23.7 Å². The van der Waals surface area contributed by atoms with Gasteiger partial charge in [0.2, 0.25) is 0 Å². The van der Waals surface area contributed by atoms with Gasteiger partial charge < -0.3 is 14.0 Å². The molecule has 0 atom stereocenters. The zero-order chi connectivity index (χ0) is 21.4. The van der Waals surface area contributed by atoms with Crippen LogP contribution in [0.25, 0.3) is 16.6 Å². The number of methoxy groups -OCH3 is 1. The van der Waals surface area contributed by atoms with Crippen molar-refractivity contribution < 1.29 is 14.3 Å². The van der Waals surface area contributed by atoms with E-state index in [1.165, 1.54) is 7.11 Å². The first-order valence-corrected chi connectivity index (χ1v) is 10.2. The molecule has 0 saturated carbocycles. The second kappa shape index (κ2) is 7.76. The van der Waals surface area contributed by atoms with Crippen LogP contribution in [-0.4, -0.2) is 22.6 Å². The maximum absolute atomic E-state index is 12.2. The van der Waals surface area contributed by atoms with Crippen LogP contribution in [0.1, 0.15) is 32.9 Å². The Morgan fingerprint density at radius 2 is 1.90 bits per heavy atom. The number of esters is 1. The Kier molecular flexibility index (Phi) is 4.79. The highest BCUT2D eigenvalue weighted by Crippen LogP contribution is 2.37. The van der Waals surface area contributed by atoms with Crippen LogP contribution in [0, 0.1) is 6.92 Å². The van der Waals surface area contributed by atoms with E-state index in [-0.39, 0.29) is 5.97 Å². The number of para-hydroxylation sites is 2. The number of ether oxygens (including phenoxy) is 2. The summed E-state index contributed by atoms with van der Waals surface area (Å²) in [6.45, 7) is 3.15. The molecule has 5 heteroatoms. The van der Waals surface area contributed by atoms with Crippen molar-refractivity contribution in [2.75, 3.05) is 7.11 Å². The predicted molar refractivity (Wildman–Crippen MR) is 120 cm³/mol. The standard InChI is InChI=1S/C26H22N2O3/c1-17-27-23-9-5-6-10-24(23)28(17)14-13-21-20-8-4-3-7-19(20)16-31-25-12-11-18(15-22(21)25)26(29)30-2/h3-13,15H,14,16H2,1-2H3. The predicted octanol–water partition coefficient (Wildman–Crippen LogP) is 5.16. The number of aromatic nitrogens is 2. The molecule has 0 unspecified atom stereocenters. The Morgan fingerprint density at radius 3 is 2.77 bits per heavy atom. The summed E-state index contributed by atoms with van der Waals surface area (Å²) in [5.41, 5.74) is 6.71. The molecule has 5 nitrogen and oxygen atoms in total. The quantitative estimate of drug-likeness (QED) is 0.438. The van der Waals surface area contributed by atoms with Crippen LogP contribution < -0.4 is 4.74 Å². The summed E-state index contributed by atoms with van der Waals surface area (Å²) in [4.78, 5) is 16.9. The number of aryl methyl sites for hydroxylation is 1. The van der Waals surface area contributed by atoms with Crippen molar-refractivity contribution in [3.63, 3.8) is 0 Å². The molecule has 0 fully saturated rings. The fraction of sp³-hybridized carbons (Fsp3) is 0.154. The monoisotopic (exact) mass is 410 g/mol. The molecule has 1 aliphatic heterocycles. The SMILES string of the molecule is COC(=O)c1ccc2c(c1)C(=CCn1c(C)nc3ccccc31)c1ccccc1CO2. The molecule has 1 aromatic heterocycles. The Balaban J connectivity index is 1.67. The lowest BCUT2D eigenvalue weighted by Crippen LogP contribution is -2.03. The number of nitrogens with zero attached hydrogens (tertiary/aromatic N) is 2. The number of hydrogen-bond donors (Lipinski definition) is 0. The lowest BCUT2D eigenvalue weighted by molar-refractivity contribution is 0.0600. The van der Waals surface area contributed by atoms with Crippen LogP contribution in [0.3, 0.4) is 0 Å². The third-order valence-corrected chi connectivity index (χ3v) is 5.70. The third kappa shape index (κ3) is 3.38. The number of carbonyl (C=O) groups is 1. The van der Waals surface area contributed by atoms with Crippen LogP contribution in [0.4, 0.5) is 0 Å². The first-order valence-electron chi connectivity index (χ1n) is 10.2. The Morgan fingerprint density at radius 1 is 1.10 bits per heavy atom. The largest absolute Gasteiger partial charge is 0.488 e. The molecule has 31 heavy (non-hydrogen) atoms. The topological polar surface area (TPSA) is 53.4 Å². The van der Waals surface area contributed by atoms with E-state index >= 15 is 0 Å². The minimum absolute atomic E-state index is 0.365. The summed E-state index contributed by atoms with van der Waals surface area (Å²) in [7, 11) is 1.39. The van der Waals surface area contributed by atoms with Crippen molar-refractivity contribution in [3.05, 3.63) is 101 Å². The fourth-order valence-corrected chi connectivity index (χ4v) is 4.15. The fourth-order valence-electron chi connectivity index (χ4n) is 4.15. The second-order valence-electron chi connectivity index (χ2n) is 7.52. The molecule has 1 aliphatic rings. The average Bonchev–Trinajstić information content (AvgIpc) is 3.03. The molecule has 0 saturated heterocycles. The zero-order valence-corrected chi connectivity index (χ0v) is 17.5. The number of carbonyl (C=O) groups excluding carboxylic acids is 1. The molecule has 154 valence electrons. The molecule has 0 bridgehead atoms. The molecular formula is C26H22N2O3. The third-order valence-electron chi connectivity index (χ3n) is 5.70. The highest BCUT2D eigenvalue weighted by molar-refractivity contribution is 5.93. The lowest BCUT2D eigenvalue weighted by Gasteiger charge is -2.13. The van der Waals surface area contributed by atoms with Crippen LogP contribution >= 0.6 is 0 Å². The van der Waals surface area contributed by atoms with E-state index < -0.39 is 0 Å². The molecule has 0 spiro atoms. The lowest BCUT2D eigenvalue weighted by atomic mass is 9.93. The number of benzene rings is 3. The van der Waals surface area contributed by atoms with Crippen molar-refractivity contribution >= 4 is 22.6 Å². The zero-order valence-electron chi connectivity index (χ0n) is 17.5. The van der Waals surface area contributed by atoms with Crippen LogP contribution in [0.2, 0.25) is 0 Å². The maximum Gasteiger partial charge on any atom is 0.337 e. The second-order valence-corrected chi connectivity index (χ2v) is 7.52. The number of imidazole rings is 1. The van der Waals surface area contributed by atoms with Crippen molar-refractivity contribution in [1.82, 2.24) is 9.55 Å². The van der Waals surface area contributed by atoms with Crippen molar-refractivity contribution in [1.29, 1.82) is 0 Å². The van der Waals surface area contributed by atoms with Gasteiger partial charge in [0, 0.05) is 12.1 Å². The normalized spacial score (nSPS) is 13.9. The van der Waals surface area contributed by atoms with Gasteiger partial charge in [-0.25, -0.2) is 9.78 Å². The maximum atomic E-state index is 12.2. The first kappa shape index (κ1) is 19.1. The van der Waals surface area contributed by atoms with Gasteiger partial charge >= 0.3 is 5.97 Å². The van der Waals surface area contributed by atoms with Gasteiger partial charge in [-0.05, 0) is 54.0 Å². The summed E-state index contributed by atoms with van der Waals surface area (Å²) >= 11 is 0. The van der Waals surface area contributed by atoms with Gasteiger partial charge in [-0.3, -0.25) is 0 Å². The van der Waals surface area contributed by atoms with Gasteiger partial charge in [-0.2, -0.15) is 0 Å². The van der Waals surface area contributed by atoms with E-state index in [9.17, 15) is 4.79 Å². The molecule has 0 aliphatic carbocycles. The molecule has 4 aromatic rings. The summed E-state index contributed by atoms with van der Waals surface area (Å²) in [6.07, 6.45) is 2.19. The van der Waals surface area contributed by atoms with E-state index in [4.69, 9.17) is 9.47 Å². The minimum atomic E-state index is -0.365. The van der Waals surface area contributed by atoms with E-state index in [2.05, 4.69) is 33.8 Å². The first-order chi connectivity index (χ1) is 15.2. The summed E-state index contributed by atoms with van der Waals surface area (Å²) in [5, 5.41) is 0. The highest BCUT2D eigenvalue weighted by Gasteiger charge is 2.21. The Labute approximate surface area is 180 Å². The van der Waals surface area contributed by atoms with E-state index in [1.807, 2.05) is 49.4 Å². The summed E-state index contributed by atoms with van der Waals surface area (Å²) in [6, 6.07) is 21.8. The Hall–Kier alpha value is -3.86. The van der Waals surface area contributed by atoms with E-state index in [1.54, 1.807) is 6.07 Å². The van der Waals surface area contributed by atoms with Gasteiger partial charge in [-0.15, -0.1) is 0 Å².